The minimum atomic E-state index is -2.62. The highest BCUT2D eigenvalue weighted by Crippen LogP contribution is 2.46. The van der Waals surface area contributed by atoms with Crippen LogP contribution in [0.2, 0.25) is 0 Å². The molecule has 1 rings (SSSR count). The molecular weight excluding hydrogens is 414 g/mol. The molecule has 0 spiro atoms. The van der Waals surface area contributed by atoms with Crippen molar-refractivity contribution in [1.29, 1.82) is 0 Å². The Hall–Kier alpha value is -0.810. The van der Waals surface area contributed by atoms with Gasteiger partial charge < -0.3 is 28.8 Å². The maximum Gasteiger partial charge on any atom is 0.391 e. The second-order valence-corrected chi connectivity index (χ2v) is 10.8. The third-order valence-corrected chi connectivity index (χ3v) is 5.79. The fraction of sp³-hybridized carbons (Fsp3) is 0.650. The lowest BCUT2D eigenvalue weighted by Gasteiger charge is -2.32. The van der Waals surface area contributed by atoms with Gasteiger partial charge in [-0.2, -0.15) is 0 Å². The Labute approximate surface area is 176 Å². The Balaban J connectivity index is 3.36. The molecule has 0 aliphatic rings. The summed E-state index contributed by atoms with van der Waals surface area (Å²) in [4.78, 5) is 49.7. The minimum Gasteiger partial charge on any atom is -0.493 e. The molecule has 0 saturated heterocycles. The molecule has 0 fully saturated rings. The molecule has 9 heteroatoms. The predicted octanol–water partition coefficient (Wildman–Crippen LogP) is 4.24. The average molecular weight is 448 g/mol. The third-order valence-electron chi connectivity index (χ3n) is 4.71. The molecule has 0 amide bonds. The predicted molar refractivity (Wildman–Crippen MR) is 116 cm³/mol. The van der Waals surface area contributed by atoms with Gasteiger partial charge in [-0.05, 0) is 37.5 Å². The molecule has 0 radical (unpaired) electrons. The summed E-state index contributed by atoms with van der Waals surface area (Å²) in [6.45, 7) is 13.5. The van der Waals surface area contributed by atoms with Crippen molar-refractivity contribution in [2.24, 2.45) is 5.41 Å². The quantitative estimate of drug-likeness (QED) is 0.312. The number of carbonyl (C=O) groups excluding carboxylic acids is 1. The smallest absolute Gasteiger partial charge is 0.391 e. The summed E-state index contributed by atoms with van der Waals surface area (Å²) in [5.41, 5.74) is 1.08. The molecule has 0 aliphatic heterocycles. The molecular formula is C20H34O7P2. The monoisotopic (exact) mass is 448 g/mol. The van der Waals surface area contributed by atoms with Crippen LogP contribution in [-0.2, 0) is 10.2 Å². The normalized spacial score (nSPS) is 12.6. The van der Waals surface area contributed by atoms with Crippen molar-refractivity contribution in [1.82, 2.24) is 0 Å². The SMILES string of the molecule is Cc1cc(OP(O)O)c(C(C)(C)CC(=O)C(C)(C)C)c(C)c1OCCCP(O)O. The van der Waals surface area contributed by atoms with Crippen LogP contribution in [0, 0.1) is 19.3 Å². The van der Waals surface area contributed by atoms with E-state index in [1.165, 1.54) is 0 Å². The summed E-state index contributed by atoms with van der Waals surface area (Å²) in [6.07, 6.45) is 1.02. The molecule has 0 bridgehead atoms. The highest BCUT2D eigenvalue weighted by atomic mass is 31.2. The summed E-state index contributed by atoms with van der Waals surface area (Å²) in [7, 11) is -4.57. The van der Waals surface area contributed by atoms with E-state index >= 15 is 0 Å². The molecule has 0 saturated carbocycles. The molecule has 0 heterocycles. The summed E-state index contributed by atoms with van der Waals surface area (Å²) in [5.74, 6) is 1.04. The molecule has 0 aromatic heterocycles. The number of ketones is 1. The van der Waals surface area contributed by atoms with E-state index in [1.807, 2.05) is 48.5 Å². The molecule has 4 N–H and O–H groups in total. The van der Waals surface area contributed by atoms with Crippen molar-refractivity contribution in [3.63, 3.8) is 0 Å². The molecule has 0 atom stereocenters. The molecule has 0 aliphatic carbocycles. The van der Waals surface area contributed by atoms with Gasteiger partial charge in [-0.3, -0.25) is 4.79 Å². The Kier molecular flexibility index (Phi) is 9.48. The Morgan fingerprint density at radius 2 is 1.66 bits per heavy atom. The van der Waals surface area contributed by atoms with Crippen LogP contribution in [0.3, 0.4) is 0 Å². The van der Waals surface area contributed by atoms with Crippen molar-refractivity contribution in [2.75, 3.05) is 12.8 Å². The van der Waals surface area contributed by atoms with Crippen molar-refractivity contribution >= 4 is 22.8 Å². The van der Waals surface area contributed by atoms with Gasteiger partial charge in [-0.25, -0.2) is 0 Å². The van der Waals surface area contributed by atoms with Crippen LogP contribution in [0.4, 0.5) is 0 Å². The van der Waals surface area contributed by atoms with Crippen LogP contribution in [0.1, 0.15) is 64.2 Å². The lowest BCUT2D eigenvalue weighted by Crippen LogP contribution is -2.30. The molecule has 29 heavy (non-hydrogen) atoms. The van der Waals surface area contributed by atoms with E-state index in [2.05, 4.69) is 0 Å². The number of benzene rings is 1. The van der Waals surface area contributed by atoms with Gasteiger partial charge in [0.15, 0.2) is 8.38 Å². The van der Waals surface area contributed by atoms with Crippen molar-refractivity contribution in [3.8, 4) is 11.5 Å². The zero-order valence-corrected chi connectivity index (χ0v) is 20.1. The largest absolute Gasteiger partial charge is 0.493 e. The van der Waals surface area contributed by atoms with Gasteiger partial charge in [-0.15, -0.1) is 0 Å². The van der Waals surface area contributed by atoms with E-state index in [9.17, 15) is 14.6 Å². The number of hydrogen-bond acceptors (Lipinski definition) is 7. The van der Waals surface area contributed by atoms with Gasteiger partial charge in [0, 0.05) is 29.0 Å². The minimum absolute atomic E-state index is 0.0883. The molecule has 7 nitrogen and oxygen atoms in total. The highest BCUT2D eigenvalue weighted by molar-refractivity contribution is 7.45. The number of hydrogen-bond donors (Lipinski definition) is 4. The first-order chi connectivity index (χ1) is 13.2. The summed E-state index contributed by atoms with van der Waals surface area (Å²) >= 11 is 0. The Bertz CT molecular complexity index is 710. The third kappa shape index (κ3) is 7.75. The fourth-order valence-corrected chi connectivity index (χ4v) is 4.02. The first-order valence-electron chi connectivity index (χ1n) is 9.48. The van der Waals surface area contributed by atoms with Gasteiger partial charge in [0.2, 0.25) is 0 Å². The first-order valence-corrected chi connectivity index (χ1v) is 12.1. The van der Waals surface area contributed by atoms with E-state index in [0.717, 1.165) is 11.1 Å². The number of Topliss-reactive ketones (excluding diaryl/α,β-unsaturated/α-hetero) is 1. The van der Waals surface area contributed by atoms with Gasteiger partial charge in [0.25, 0.3) is 0 Å². The van der Waals surface area contributed by atoms with E-state index in [-0.39, 0.29) is 18.4 Å². The van der Waals surface area contributed by atoms with Crippen molar-refractivity contribution in [2.45, 2.75) is 66.7 Å². The first kappa shape index (κ1) is 26.2. The van der Waals surface area contributed by atoms with E-state index < -0.39 is 27.8 Å². The van der Waals surface area contributed by atoms with Gasteiger partial charge >= 0.3 is 8.60 Å². The van der Waals surface area contributed by atoms with Crippen LogP contribution in [0.15, 0.2) is 6.07 Å². The summed E-state index contributed by atoms with van der Waals surface area (Å²) in [6, 6.07) is 1.69. The number of rotatable bonds is 10. The maximum absolute atomic E-state index is 12.7. The average Bonchev–Trinajstić information content (AvgIpc) is 2.51. The molecule has 0 unspecified atom stereocenters. The lowest BCUT2D eigenvalue weighted by molar-refractivity contribution is -0.127. The molecule has 166 valence electrons. The van der Waals surface area contributed by atoms with Crippen LogP contribution in [0.5, 0.6) is 11.5 Å². The zero-order valence-electron chi connectivity index (χ0n) is 18.3. The summed E-state index contributed by atoms with van der Waals surface area (Å²) < 4.78 is 11.2. The van der Waals surface area contributed by atoms with Crippen LogP contribution in [-0.4, -0.2) is 38.1 Å². The van der Waals surface area contributed by atoms with E-state index in [4.69, 9.17) is 19.0 Å². The fourth-order valence-electron chi connectivity index (χ4n) is 3.29. The Morgan fingerprint density at radius 1 is 1.07 bits per heavy atom. The standard InChI is InChI=1S/C20H34O7P2/c1-13-11-15(27-29(24)25)17(20(6,7)12-16(21)19(3,4)5)14(2)18(13)26-9-8-10-28(22)23/h11,22-25H,8-10,12H2,1-7H3. The van der Waals surface area contributed by atoms with Crippen molar-refractivity contribution in [3.05, 3.63) is 22.8 Å². The number of ether oxygens (including phenoxy) is 1. The topological polar surface area (TPSA) is 116 Å². The van der Waals surface area contributed by atoms with Gasteiger partial charge in [0.1, 0.15) is 17.3 Å². The Morgan fingerprint density at radius 3 is 2.14 bits per heavy atom. The van der Waals surface area contributed by atoms with E-state index in [0.29, 0.717) is 30.1 Å². The van der Waals surface area contributed by atoms with Crippen LogP contribution >= 0.6 is 17.0 Å². The number of carbonyl (C=O) groups is 1. The second kappa shape index (κ2) is 10.5. The zero-order chi connectivity index (χ0) is 22.6. The van der Waals surface area contributed by atoms with Crippen LogP contribution < -0.4 is 9.26 Å². The highest BCUT2D eigenvalue weighted by Gasteiger charge is 2.35. The second-order valence-electron chi connectivity index (χ2n) is 8.90. The van der Waals surface area contributed by atoms with Crippen LogP contribution in [0.25, 0.3) is 0 Å². The molecule has 1 aromatic carbocycles. The van der Waals surface area contributed by atoms with E-state index in [1.54, 1.807) is 6.07 Å². The van der Waals surface area contributed by atoms with Gasteiger partial charge in [-0.1, -0.05) is 34.6 Å². The summed E-state index contributed by atoms with van der Waals surface area (Å²) in [5, 5.41) is 0. The number of aryl methyl sites for hydroxylation is 1. The maximum atomic E-state index is 12.7. The molecule has 1 aromatic rings. The van der Waals surface area contributed by atoms with Gasteiger partial charge in [0.05, 0.1) is 6.61 Å². The lowest BCUT2D eigenvalue weighted by atomic mass is 9.73. The van der Waals surface area contributed by atoms with Crippen molar-refractivity contribution < 1.29 is 33.6 Å².